The summed E-state index contributed by atoms with van der Waals surface area (Å²) in [6, 6.07) is 13.5. The van der Waals surface area contributed by atoms with Crippen molar-refractivity contribution in [3.05, 3.63) is 87.6 Å². The Kier molecular flexibility index (Phi) is 6.24. The minimum atomic E-state index is -0.268. The molecule has 2 aliphatic heterocycles. The number of fused-ring (bicyclic) bond motifs is 1. The second kappa shape index (κ2) is 9.45. The Bertz CT molecular complexity index is 1170. The van der Waals surface area contributed by atoms with E-state index in [2.05, 4.69) is 4.90 Å². The number of amides is 1. The minimum absolute atomic E-state index is 0.0333. The molecule has 5 rings (SSSR count). The number of halogens is 2. The lowest BCUT2D eigenvalue weighted by molar-refractivity contribution is 0.0733. The summed E-state index contributed by atoms with van der Waals surface area (Å²) in [7, 11) is 0. The number of hydrogen-bond donors (Lipinski definition) is 0. The van der Waals surface area contributed by atoms with Crippen molar-refractivity contribution in [2.24, 2.45) is 0 Å². The second-order valence-corrected chi connectivity index (χ2v) is 8.71. The molecule has 0 unspecified atom stereocenters. The number of carbonyl (C=O) groups is 1. The lowest BCUT2D eigenvalue weighted by Crippen LogP contribution is -2.41. The Hall–Kier alpha value is -3.03. The number of aromatic nitrogens is 2. The topological polar surface area (TPSA) is 58.6 Å². The minimum Gasteiger partial charge on any atom is -0.378 e. The Morgan fingerprint density at radius 2 is 1.85 bits per heavy atom. The third-order valence-corrected chi connectivity index (χ3v) is 6.28. The van der Waals surface area contributed by atoms with E-state index >= 15 is 0 Å². The number of hydrogen-bond acceptors (Lipinski definition) is 5. The van der Waals surface area contributed by atoms with Crippen molar-refractivity contribution in [1.29, 1.82) is 0 Å². The number of anilines is 1. The first-order chi connectivity index (χ1) is 16.1. The fourth-order valence-corrected chi connectivity index (χ4v) is 4.47. The van der Waals surface area contributed by atoms with Gasteiger partial charge in [-0.15, -0.1) is 0 Å². The van der Waals surface area contributed by atoms with Crippen molar-refractivity contribution < 1.29 is 13.9 Å². The van der Waals surface area contributed by atoms with Crippen LogP contribution in [0.1, 0.15) is 33.0 Å². The Morgan fingerprint density at radius 1 is 1.06 bits per heavy atom. The highest BCUT2D eigenvalue weighted by Gasteiger charge is 2.29. The van der Waals surface area contributed by atoms with Gasteiger partial charge in [-0.3, -0.25) is 4.79 Å². The zero-order valence-electron chi connectivity index (χ0n) is 18.1. The van der Waals surface area contributed by atoms with E-state index in [1.165, 1.54) is 12.1 Å². The number of benzene rings is 2. The molecule has 6 nitrogen and oxygen atoms in total. The molecule has 1 fully saturated rings. The van der Waals surface area contributed by atoms with Gasteiger partial charge in [-0.1, -0.05) is 23.7 Å². The summed E-state index contributed by atoms with van der Waals surface area (Å²) < 4.78 is 19.2. The Balaban J connectivity index is 1.46. The van der Waals surface area contributed by atoms with Crippen LogP contribution in [-0.2, 0) is 24.1 Å². The molecular weight excluding hydrogens is 443 g/mol. The molecule has 1 amide bonds. The molecule has 0 spiro atoms. The summed E-state index contributed by atoms with van der Waals surface area (Å²) >= 11 is 5.98. The van der Waals surface area contributed by atoms with Gasteiger partial charge < -0.3 is 14.5 Å². The van der Waals surface area contributed by atoms with Crippen LogP contribution in [0.2, 0.25) is 5.02 Å². The van der Waals surface area contributed by atoms with Crippen molar-refractivity contribution in [2.45, 2.75) is 19.4 Å². The van der Waals surface area contributed by atoms with E-state index in [-0.39, 0.29) is 11.7 Å². The molecule has 0 saturated carbocycles. The highest BCUT2D eigenvalue weighted by Crippen LogP contribution is 2.29. The molecule has 0 bridgehead atoms. The van der Waals surface area contributed by atoms with Crippen molar-refractivity contribution >= 4 is 23.3 Å². The van der Waals surface area contributed by atoms with Crippen LogP contribution in [-0.4, -0.2) is 53.6 Å². The molecule has 33 heavy (non-hydrogen) atoms. The predicted octanol–water partition coefficient (Wildman–Crippen LogP) is 3.90. The molecule has 8 heteroatoms. The molecule has 2 aromatic carbocycles. The van der Waals surface area contributed by atoms with E-state index in [1.54, 1.807) is 30.3 Å². The van der Waals surface area contributed by atoms with Crippen LogP contribution < -0.4 is 4.90 Å². The van der Waals surface area contributed by atoms with Crippen LogP contribution in [0.4, 0.5) is 10.2 Å². The van der Waals surface area contributed by atoms with Gasteiger partial charge in [-0.25, -0.2) is 14.4 Å². The molecule has 3 heterocycles. The number of ether oxygens (including phenoxy) is 1. The van der Waals surface area contributed by atoms with Gasteiger partial charge in [0.15, 0.2) is 0 Å². The van der Waals surface area contributed by atoms with Gasteiger partial charge in [0.05, 0.1) is 25.5 Å². The maximum Gasteiger partial charge on any atom is 0.254 e. The first-order valence-electron chi connectivity index (χ1n) is 11.1. The summed E-state index contributed by atoms with van der Waals surface area (Å²) in [5.74, 6) is 1.21. The van der Waals surface area contributed by atoms with Gasteiger partial charge in [0.1, 0.15) is 17.5 Å². The van der Waals surface area contributed by atoms with Crippen LogP contribution in [0, 0.1) is 5.82 Å². The van der Waals surface area contributed by atoms with E-state index in [0.29, 0.717) is 55.6 Å². The molecule has 3 aromatic rings. The molecule has 0 N–H and O–H groups in total. The van der Waals surface area contributed by atoms with E-state index in [0.717, 1.165) is 35.7 Å². The molecule has 0 radical (unpaired) electrons. The van der Waals surface area contributed by atoms with Crippen molar-refractivity contribution in [1.82, 2.24) is 14.9 Å². The van der Waals surface area contributed by atoms with Crippen molar-refractivity contribution in [3.8, 4) is 0 Å². The lowest BCUT2D eigenvalue weighted by atomic mass is 10.0. The van der Waals surface area contributed by atoms with Crippen LogP contribution in [0.25, 0.3) is 0 Å². The average molecular weight is 467 g/mol. The number of carbonyl (C=O) groups excluding carboxylic acids is 1. The van der Waals surface area contributed by atoms with E-state index in [9.17, 15) is 9.18 Å². The van der Waals surface area contributed by atoms with Crippen LogP contribution in [0.3, 0.4) is 0 Å². The molecule has 170 valence electrons. The molecule has 1 saturated heterocycles. The zero-order chi connectivity index (χ0) is 22.8. The molecule has 0 aliphatic carbocycles. The van der Waals surface area contributed by atoms with Crippen molar-refractivity contribution in [3.63, 3.8) is 0 Å². The number of rotatable bonds is 4. The summed E-state index contributed by atoms with van der Waals surface area (Å²) in [6.45, 7) is 3.75. The normalized spacial score (nSPS) is 15.9. The highest BCUT2D eigenvalue weighted by atomic mass is 35.5. The quantitative estimate of drug-likeness (QED) is 0.583. The average Bonchev–Trinajstić information content (AvgIpc) is 2.84. The largest absolute Gasteiger partial charge is 0.378 e. The highest BCUT2D eigenvalue weighted by molar-refractivity contribution is 6.30. The monoisotopic (exact) mass is 466 g/mol. The Morgan fingerprint density at radius 3 is 2.61 bits per heavy atom. The summed E-state index contributed by atoms with van der Waals surface area (Å²) in [4.78, 5) is 26.9. The maximum atomic E-state index is 13.7. The van der Waals surface area contributed by atoms with Crippen molar-refractivity contribution in [2.75, 3.05) is 37.7 Å². The standard InChI is InChI=1S/C25H24ClFN4O2/c26-19-6-4-18(5-7-19)25(32)31-9-8-22-21(16-31)24(30-10-12-33-13-11-30)29-23(28-22)15-17-2-1-3-20(27)14-17/h1-7,14H,8-13,15-16H2. The Labute approximate surface area is 197 Å². The maximum absolute atomic E-state index is 13.7. The number of morpholine rings is 1. The first kappa shape index (κ1) is 21.8. The van der Waals surface area contributed by atoms with Gasteiger partial charge in [0.25, 0.3) is 5.91 Å². The van der Waals surface area contributed by atoms with Gasteiger partial charge in [0, 0.05) is 48.6 Å². The van der Waals surface area contributed by atoms with Gasteiger partial charge >= 0.3 is 0 Å². The predicted molar refractivity (Wildman–Crippen MR) is 124 cm³/mol. The van der Waals surface area contributed by atoms with Gasteiger partial charge in [-0.05, 0) is 42.0 Å². The third-order valence-electron chi connectivity index (χ3n) is 6.03. The fourth-order valence-electron chi connectivity index (χ4n) is 4.34. The van der Waals surface area contributed by atoms with E-state index < -0.39 is 0 Å². The zero-order valence-corrected chi connectivity index (χ0v) is 18.9. The molecule has 2 aliphatic rings. The van der Waals surface area contributed by atoms with Gasteiger partial charge in [0.2, 0.25) is 0 Å². The summed E-state index contributed by atoms with van der Waals surface area (Å²) in [6.07, 6.45) is 1.10. The van der Waals surface area contributed by atoms with Crippen LogP contribution in [0.5, 0.6) is 0 Å². The van der Waals surface area contributed by atoms with Crippen LogP contribution >= 0.6 is 11.6 Å². The first-order valence-corrected chi connectivity index (χ1v) is 11.5. The van der Waals surface area contributed by atoms with Crippen LogP contribution in [0.15, 0.2) is 48.5 Å². The summed E-state index contributed by atoms with van der Waals surface area (Å²) in [5.41, 5.74) is 3.38. The molecular formula is C25H24ClFN4O2. The third kappa shape index (κ3) is 4.84. The van der Waals surface area contributed by atoms with E-state index in [4.69, 9.17) is 26.3 Å². The summed E-state index contributed by atoms with van der Waals surface area (Å²) in [5, 5.41) is 0.601. The molecule has 1 aromatic heterocycles. The van der Waals surface area contributed by atoms with Gasteiger partial charge in [-0.2, -0.15) is 0 Å². The number of nitrogens with zero attached hydrogens (tertiary/aromatic N) is 4. The lowest BCUT2D eigenvalue weighted by Gasteiger charge is -2.34. The second-order valence-electron chi connectivity index (χ2n) is 8.28. The smallest absolute Gasteiger partial charge is 0.254 e. The SMILES string of the molecule is O=C(c1ccc(Cl)cc1)N1CCc2nc(Cc3cccc(F)c3)nc(N3CCOCC3)c2C1. The molecule has 0 atom stereocenters. The fraction of sp³-hybridized carbons (Fsp3) is 0.320. The van der Waals surface area contributed by atoms with E-state index in [1.807, 2.05) is 11.0 Å².